The molecule has 1 amide bonds. The summed E-state index contributed by atoms with van der Waals surface area (Å²) in [5.74, 6) is -0.766. The lowest BCUT2D eigenvalue weighted by atomic mass is 9.96. The molecule has 1 aromatic heterocycles. The molecule has 2 aromatic rings. The van der Waals surface area contributed by atoms with Crippen molar-refractivity contribution in [3.63, 3.8) is 0 Å². The summed E-state index contributed by atoms with van der Waals surface area (Å²) in [7, 11) is 0. The lowest BCUT2D eigenvalue weighted by Gasteiger charge is -2.28. The molecule has 1 unspecified atom stereocenters. The number of amides is 1. The Morgan fingerprint density at radius 3 is 2.58 bits per heavy atom. The predicted molar refractivity (Wildman–Crippen MR) is 126 cm³/mol. The fraction of sp³-hybridized carbons (Fsp3) is 0.565. The molecule has 2 saturated carbocycles. The lowest BCUT2D eigenvalue weighted by Crippen LogP contribution is -2.56. The van der Waals surface area contributed by atoms with Crippen LogP contribution >= 0.6 is 11.3 Å². The van der Waals surface area contributed by atoms with Gasteiger partial charge in [0, 0.05) is 12.5 Å². The number of benzene rings is 1. The normalized spacial score (nSPS) is 33.5. The molecular weight excluding hydrogens is 442 g/mol. The van der Waals surface area contributed by atoms with Gasteiger partial charge in [-0.2, -0.15) is 0 Å². The molecular formula is C23H29N5O4S. The molecule has 9 nitrogen and oxygen atoms in total. The molecule has 1 aliphatic heterocycles. The number of carbonyl (C=O) groups is 1. The second-order valence-corrected chi connectivity index (χ2v) is 10.1. The molecule has 5 rings (SSSR count). The van der Waals surface area contributed by atoms with Crippen LogP contribution in [0.1, 0.15) is 49.5 Å². The molecule has 33 heavy (non-hydrogen) atoms. The molecule has 3 fully saturated rings. The van der Waals surface area contributed by atoms with E-state index in [2.05, 4.69) is 15.6 Å². The van der Waals surface area contributed by atoms with Gasteiger partial charge >= 0.3 is 0 Å². The number of nitrogens with zero attached hydrogens (tertiary/aromatic N) is 3. The maximum absolute atomic E-state index is 13.3. The van der Waals surface area contributed by atoms with Crippen LogP contribution < -0.4 is 10.6 Å². The molecule has 2 aliphatic carbocycles. The summed E-state index contributed by atoms with van der Waals surface area (Å²) < 4.78 is 0.970. The first-order chi connectivity index (χ1) is 16.0. The van der Waals surface area contributed by atoms with E-state index in [0.29, 0.717) is 23.2 Å². The maximum atomic E-state index is 13.3. The molecule has 0 radical (unpaired) electrons. The summed E-state index contributed by atoms with van der Waals surface area (Å²) in [5.41, 5.74) is 0.808. The van der Waals surface area contributed by atoms with Crippen molar-refractivity contribution in [3.8, 4) is 0 Å². The highest BCUT2D eigenvalue weighted by molar-refractivity contribution is 7.18. The average molecular weight is 472 g/mol. The Labute approximate surface area is 195 Å². The number of fused-ring (bicyclic) bond motifs is 1. The van der Waals surface area contributed by atoms with Crippen molar-refractivity contribution in [2.45, 2.75) is 68.7 Å². The number of rotatable bonds is 4. The number of aliphatic hydroxyl groups is 3. The summed E-state index contributed by atoms with van der Waals surface area (Å²) in [4.78, 5) is 27.4. The van der Waals surface area contributed by atoms with E-state index in [-0.39, 0.29) is 18.6 Å². The van der Waals surface area contributed by atoms with Crippen molar-refractivity contribution in [3.05, 3.63) is 29.3 Å². The number of carbonyl (C=O) groups excluding carboxylic acids is 1. The van der Waals surface area contributed by atoms with Crippen LogP contribution in [0.2, 0.25) is 0 Å². The smallest absolute Gasteiger partial charge is 0.244 e. The monoisotopic (exact) mass is 471 g/mol. The summed E-state index contributed by atoms with van der Waals surface area (Å²) in [6.45, 7) is -0.233. The van der Waals surface area contributed by atoms with Gasteiger partial charge in [0.05, 0.1) is 28.4 Å². The minimum atomic E-state index is -1.11. The minimum Gasteiger partial charge on any atom is -0.396 e. The Morgan fingerprint density at radius 1 is 1.06 bits per heavy atom. The number of hydrogen-bond donors (Lipinski definition) is 5. The highest BCUT2D eigenvalue weighted by Gasteiger charge is 2.43. The third-order valence-electron chi connectivity index (χ3n) is 6.78. The van der Waals surface area contributed by atoms with Gasteiger partial charge in [-0.25, -0.2) is 9.98 Å². The van der Waals surface area contributed by atoms with Crippen LogP contribution in [0.25, 0.3) is 10.2 Å². The molecule has 0 spiro atoms. The van der Waals surface area contributed by atoms with Crippen LogP contribution in [0.5, 0.6) is 0 Å². The van der Waals surface area contributed by atoms with Crippen LogP contribution in [0.3, 0.4) is 0 Å². The highest BCUT2D eigenvalue weighted by atomic mass is 32.1. The van der Waals surface area contributed by atoms with Crippen LogP contribution in [0.15, 0.2) is 34.3 Å². The van der Waals surface area contributed by atoms with Gasteiger partial charge in [-0.05, 0) is 31.4 Å². The van der Waals surface area contributed by atoms with E-state index < -0.39 is 30.1 Å². The SMILES string of the molecule is O=C1NC(=NC2CCCCC2)NC(=N[C@@H]2C[C@H](CO)[C@@H](O)[C@H]2O)C1c1nc2ccccc2s1. The Bertz CT molecular complexity index is 1050. The number of aliphatic imine (C=N–C) groups is 2. The second-order valence-electron chi connectivity index (χ2n) is 9.08. The zero-order valence-corrected chi connectivity index (χ0v) is 19.0. The first-order valence-electron chi connectivity index (χ1n) is 11.6. The van der Waals surface area contributed by atoms with Crippen molar-refractivity contribution < 1.29 is 20.1 Å². The van der Waals surface area contributed by atoms with Crippen LogP contribution in [-0.4, -0.2) is 68.9 Å². The van der Waals surface area contributed by atoms with E-state index in [0.717, 1.165) is 35.9 Å². The molecule has 5 atom stereocenters. The van der Waals surface area contributed by atoms with E-state index in [4.69, 9.17) is 9.98 Å². The number of aliphatic hydroxyl groups excluding tert-OH is 3. The summed E-state index contributed by atoms with van der Waals surface area (Å²) in [6, 6.07) is 7.20. The molecule has 176 valence electrons. The number of amidine groups is 1. The highest BCUT2D eigenvalue weighted by Crippen LogP contribution is 2.33. The molecule has 5 N–H and O–H groups in total. The number of para-hydroxylation sites is 1. The number of aromatic nitrogens is 1. The van der Waals surface area contributed by atoms with E-state index in [1.165, 1.54) is 17.8 Å². The largest absolute Gasteiger partial charge is 0.396 e. The molecule has 2 heterocycles. The van der Waals surface area contributed by atoms with Gasteiger partial charge in [0.2, 0.25) is 11.9 Å². The van der Waals surface area contributed by atoms with Gasteiger partial charge in [0.25, 0.3) is 0 Å². The molecule has 1 saturated heterocycles. The average Bonchev–Trinajstić information content (AvgIpc) is 3.35. The fourth-order valence-electron chi connectivity index (χ4n) is 4.93. The van der Waals surface area contributed by atoms with Gasteiger partial charge in [-0.3, -0.25) is 15.1 Å². The van der Waals surface area contributed by atoms with Crippen molar-refractivity contribution >= 4 is 39.3 Å². The fourth-order valence-corrected chi connectivity index (χ4v) is 6.00. The molecule has 1 aromatic carbocycles. The second kappa shape index (κ2) is 9.46. The predicted octanol–water partition coefficient (Wildman–Crippen LogP) is 1.29. The van der Waals surface area contributed by atoms with Crippen molar-refractivity contribution in [1.29, 1.82) is 0 Å². The Kier molecular flexibility index (Phi) is 6.42. The quantitative estimate of drug-likeness (QED) is 0.455. The van der Waals surface area contributed by atoms with Gasteiger partial charge in [0.15, 0.2) is 0 Å². The third-order valence-corrected chi connectivity index (χ3v) is 7.88. The topological polar surface area (TPSA) is 139 Å². The van der Waals surface area contributed by atoms with E-state index in [1.807, 2.05) is 24.3 Å². The van der Waals surface area contributed by atoms with Crippen molar-refractivity contribution in [2.24, 2.45) is 15.9 Å². The first kappa shape index (κ1) is 22.4. The summed E-state index contributed by atoms with van der Waals surface area (Å²) >= 11 is 1.43. The standard InChI is InChI=1S/C23H29N5O4S/c29-11-12-10-15(19(31)18(12)30)25-20-17(22-26-14-8-4-5-9-16(14)33-22)21(32)28-23(27-20)24-13-6-2-1-3-7-13/h4-5,8-9,12-13,15,17-19,29-31H,1-3,6-7,10-11H2,(H2,24,25,27,28,32)/t12-,15-,17?,18-,19+/m1/s1. The van der Waals surface area contributed by atoms with E-state index in [1.54, 1.807) is 0 Å². The van der Waals surface area contributed by atoms with Crippen LogP contribution in [-0.2, 0) is 4.79 Å². The lowest BCUT2D eigenvalue weighted by molar-refractivity contribution is -0.120. The minimum absolute atomic E-state index is 0.152. The Morgan fingerprint density at radius 2 is 1.85 bits per heavy atom. The molecule has 10 heteroatoms. The van der Waals surface area contributed by atoms with Gasteiger partial charge in [-0.1, -0.05) is 31.4 Å². The third kappa shape index (κ3) is 4.52. The summed E-state index contributed by atoms with van der Waals surface area (Å²) in [6.07, 6.45) is 3.59. The van der Waals surface area contributed by atoms with Crippen LogP contribution in [0.4, 0.5) is 0 Å². The Hall–Kier alpha value is -2.40. The zero-order chi connectivity index (χ0) is 22.9. The van der Waals surface area contributed by atoms with Crippen LogP contribution in [0, 0.1) is 5.92 Å². The van der Waals surface area contributed by atoms with Gasteiger partial charge in [-0.15, -0.1) is 11.3 Å². The molecule has 0 bridgehead atoms. The Balaban J connectivity index is 1.50. The van der Waals surface area contributed by atoms with E-state index >= 15 is 0 Å². The number of hydrogen-bond acceptors (Lipinski definition) is 8. The van der Waals surface area contributed by atoms with Crippen molar-refractivity contribution in [2.75, 3.05) is 6.61 Å². The zero-order valence-electron chi connectivity index (χ0n) is 18.2. The number of guanidine groups is 1. The number of thiazole rings is 1. The van der Waals surface area contributed by atoms with E-state index in [9.17, 15) is 20.1 Å². The maximum Gasteiger partial charge on any atom is 0.244 e. The number of nitrogens with one attached hydrogen (secondary N) is 2. The van der Waals surface area contributed by atoms with Crippen molar-refractivity contribution in [1.82, 2.24) is 15.6 Å². The molecule has 3 aliphatic rings. The van der Waals surface area contributed by atoms with Gasteiger partial charge in [0.1, 0.15) is 22.9 Å². The summed E-state index contributed by atoms with van der Waals surface area (Å²) in [5, 5.41) is 37.0. The van der Waals surface area contributed by atoms with Gasteiger partial charge < -0.3 is 20.6 Å². The first-order valence-corrected chi connectivity index (χ1v) is 12.4.